The fourth-order valence-electron chi connectivity index (χ4n) is 2.56. The number of methoxy groups -OCH3 is 1. The molecule has 0 saturated carbocycles. The molecular weight excluding hydrogens is 483 g/mol. The molecule has 0 unspecified atom stereocenters. The van der Waals surface area contributed by atoms with Gasteiger partial charge in [-0.3, -0.25) is 5.43 Å². The van der Waals surface area contributed by atoms with E-state index in [0.29, 0.717) is 36.1 Å². The number of ether oxygens (including phenoxy) is 3. The van der Waals surface area contributed by atoms with Crippen LogP contribution in [0.3, 0.4) is 0 Å². The second-order valence-electron chi connectivity index (χ2n) is 5.82. The first-order valence-corrected chi connectivity index (χ1v) is 9.83. The number of nitrogens with one attached hydrogen (secondary N) is 1. The first-order valence-electron chi connectivity index (χ1n) is 8.75. The third-order valence-electron chi connectivity index (χ3n) is 3.66. The minimum atomic E-state index is 0.158. The van der Waals surface area contributed by atoms with E-state index < -0.39 is 0 Å². The summed E-state index contributed by atoms with van der Waals surface area (Å²) in [5.74, 6) is 4.02. The standard InChI is InChI=1S/C21H21IN4O3/c1-5-7-29-20-18(22)9-15(10-19(20)28-6-2)12-24-26-21-17(11-23)16(13-27-4)8-14(3)25-21/h1,8-10,12H,6-7,13H2,2-4H3,(H,25,26). The van der Waals surface area contributed by atoms with Crippen molar-refractivity contribution < 1.29 is 14.2 Å². The highest BCUT2D eigenvalue weighted by molar-refractivity contribution is 14.1. The van der Waals surface area contributed by atoms with Crippen molar-refractivity contribution in [2.24, 2.45) is 5.10 Å². The zero-order valence-electron chi connectivity index (χ0n) is 16.5. The Morgan fingerprint density at radius 1 is 1.34 bits per heavy atom. The molecular formula is C21H21IN4O3. The Kier molecular flexibility index (Phi) is 8.71. The number of pyridine rings is 1. The quantitative estimate of drug-likeness (QED) is 0.242. The van der Waals surface area contributed by atoms with Crippen LogP contribution in [0.15, 0.2) is 23.3 Å². The third-order valence-corrected chi connectivity index (χ3v) is 4.46. The van der Waals surface area contributed by atoms with Crippen molar-refractivity contribution >= 4 is 34.6 Å². The first kappa shape index (κ1) is 22.5. The number of terminal acetylenes is 1. The van der Waals surface area contributed by atoms with Crippen molar-refractivity contribution in [2.75, 3.05) is 25.7 Å². The number of nitrogens with zero attached hydrogens (tertiary/aromatic N) is 3. The molecule has 0 amide bonds. The highest BCUT2D eigenvalue weighted by Crippen LogP contribution is 2.34. The minimum absolute atomic E-state index is 0.158. The molecule has 1 aromatic carbocycles. The summed E-state index contributed by atoms with van der Waals surface area (Å²) in [7, 11) is 1.58. The first-order chi connectivity index (χ1) is 14.0. The van der Waals surface area contributed by atoms with Crippen molar-refractivity contribution in [3.05, 3.63) is 44.2 Å². The molecule has 7 nitrogen and oxygen atoms in total. The number of benzene rings is 1. The van der Waals surface area contributed by atoms with Gasteiger partial charge in [-0.15, -0.1) is 6.42 Å². The van der Waals surface area contributed by atoms with Crippen LogP contribution in [0.25, 0.3) is 0 Å². The number of hydrazone groups is 1. The average Bonchev–Trinajstić information content (AvgIpc) is 2.68. The van der Waals surface area contributed by atoms with Crippen molar-refractivity contribution in [3.8, 4) is 29.9 Å². The second kappa shape index (κ2) is 11.2. The maximum Gasteiger partial charge on any atom is 0.175 e. The van der Waals surface area contributed by atoms with Gasteiger partial charge in [0, 0.05) is 18.4 Å². The second-order valence-corrected chi connectivity index (χ2v) is 6.98. The Morgan fingerprint density at radius 3 is 2.79 bits per heavy atom. The monoisotopic (exact) mass is 504 g/mol. The summed E-state index contributed by atoms with van der Waals surface area (Å²) in [6, 6.07) is 7.68. The largest absolute Gasteiger partial charge is 0.490 e. The Balaban J connectivity index is 2.29. The molecule has 2 rings (SSSR count). The van der Waals surface area contributed by atoms with Gasteiger partial charge in [-0.05, 0) is 60.2 Å². The van der Waals surface area contributed by atoms with E-state index in [-0.39, 0.29) is 6.61 Å². The van der Waals surface area contributed by atoms with Crippen LogP contribution in [0.1, 0.15) is 29.3 Å². The SMILES string of the molecule is C#CCOc1c(I)cc(C=NNc2nc(C)cc(COC)c2C#N)cc1OCC. The molecule has 0 saturated heterocycles. The van der Waals surface area contributed by atoms with Gasteiger partial charge in [0.1, 0.15) is 18.2 Å². The maximum atomic E-state index is 9.48. The number of hydrogen-bond donors (Lipinski definition) is 1. The number of hydrogen-bond acceptors (Lipinski definition) is 7. The van der Waals surface area contributed by atoms with Gasteiger partial charge in [-0.2, -0.15) is 10.4 Å². The minimum Gasteiger partial charge on any atom is -0.490 e. The Bertz CT molecular complexity index is 977. The molecule has 0 aliphatic rings. The van der Waals surface area contributed by atoms with Crippen LogP contribution >= 0.6 is 22.6 Å². The normalized spacial score (nSPS) is 10.4. The van der Waals surface area contributed by atoms with E-state index in [1.807, 2.05) is 32.0 Å². The number of rotatable bonds is 9. The fraction of sp³-hybridized carbons (Fsp3) is 0.286. The lowest BCUT2D eigenvalue weighted by atomic mass is 10.1. The lowest BCUT2D eigenvalue weighted by Gasteiger charge is -2.13. The number of aromatic nitrogens is 1. The zero-order valence-corrected chi connectivity index (χ0v) is 18.6. The summed E-state index contributed by atoms with van der Waals surface area (Å²) in [5.41, 5.74) is 5.56. The molecule has 1 heterocycles. The summed E-state index contributed by atoms with van der Waals surface area (Å²) < 4.78 is 17.3. The molecule has 29 heavy (non-hydrogen) atoms. The Hall–Kier alpha value is -2.82. The van der Waals surface area contributed by atoms with Gasteiger partial charge >= 0.3 is 0 Å². The van der Waals surface area contributed by atoms with Crippen molar-refractivity contribution in [1.29, 1.82) is 5.26 Å². The maximum absolute atomic E-state index is 9.48. The molecule has 8 heteroatoms. The number of halogens is 1. The van der Waals surface area contributed by atoms with Crippen LogP contribution in [-0.2, 0) is 11.3 Å². The third kappa shape index (κ3) is 6.08. The summed E-state index contributed by atoms with van der Waals surface area (Å²) >= 11 is 2.16. The topological polar surface area (TPSA) is 88.8 Å². The zero-order chi connectivity index (χ0) is 21.2. The highest BCUT2D eigenvalue weighted by Gasteiger charge is 2.13. The van der Waals surface area contributed by atoms with E-state index >= 15 is 0 Å². The van der Waals surface area contributed by atoms with Crippen LogP contribution < -0.4 is 14.9 Å². The van der Waals surface area contributed by atoms with Crippen LogP contribution in [0.2, 0.25) is 0 Å². The lowest BCUT2D eigenvalue weighted by Crippen LogP contribution is -2.04. The molecule has 0 bridgehead atoms. The lowest BCUT2D eigenvalue weighted by molar-refractivity contribution is 0.184. The van der Waals surface area contributed by atoms with Gasteiger partial charge in [0.05, 0.1) is 23.0 Å². The van der Waals surface area contributed by atoms with E-state index in [0.717, 1.165) is 20.4 Å². The molecule has 2 aromatic rings. The van der Waals surface area contributed by atoms with Gasteiger partial charge in [0.25, 0.3) is 0 Å². The van der Waals surface area contributed by atoms with E-state index in [1.165, 1.54) is 0 Å². The van der Waals surface area contributed by atoms with Gasteiger partial charge in [-0.1, -0.05) is 5.92 Å². The van der Waals surface area contributed by atoms with E-state index in [1.54, 1.807) is 13.3 Å². The summed E-state index contributed by atoms with van der Waals surface area (Å²) in [6.45, 7) is 4.71. The summed E-state index contributed by atoms with van der Waals surface area (Å²) in [5, 5.41) is 13.7. The number of aryl methyl sites for hydroxylation is 1. The van der Waals surface area contributed by atoms with Crippen molar-refractivity contribution in [1.82, 2.24) is 4.98 Å². The summed E-state index contributed by atoms with van der Waals surface area (Å²) in [6.07, 6.45) is 6.90. The Labute approximate surface area is 184 Å². The predicted molar refractivity (Wildman–Crippen MR) is 120 cm³/mol. The molecule has 0 atom stereocenters. The van der Waals surface area contributed by atoms with Crippen LogP contribution in [0.4, 0.5) is 5.82 Å². The fourth-order valence-corrected chi connectivity index (χ4v) is 3.34. The molecule has 0 radical (unpaired) electrons. The van der Waals surface area contributed by atoms with E-state index in [2.05, 4.69) is 50.1 Å². The number of anilines is 1. The van der Waals surface area contributed by atoms with E-state index in [4.69, 9.17) is 20.6 Å². The van der Waals surface area contributed by atoms with Crippen LogP contribution in [0.5, 0.6) is 11.5 Å². The number of nitriles is 1. The van der Waals surface area contributed by atoms with E-state index in [9.17, 15) is 5.26 Å². The molecule has 0 spiro atoms. The molecule has 1 aromatic heterocycles. The molecule has 0 aliphatic carbocycles. The molecule has 1 N–H and O–H groups in total. The predicted octanol–water partition coefficient (Wildman–Crippen LogP) is 3.87. The Morgan fingerprint density at radius 2 is 2.14 bits per heavy atom. The molecule has 0 fully saturated rings. The van der Waals surface area contributed by atoms with Gasteiger partial charge in [-0.25, -0.2) is 4.98 Å². The summed E-state index contributed by atoms with van der Waals surface area (Å²) in [4.78, 5) is 4.36. The van der Waals surface area contributed by atoms with Crippen molar-refractivity contribution in [3.63, 3.8) is 0 Å². The molecule has 0 aliphatic heterocycles. The smallest absolute Gasteiger partial charge is 0.175 e. The molecule has 150 valence electrons. The van der Waals surface area contributed by atoms with Gasteiger partial charge in [0.15, 0.2) is 17.3 Å². The highest BCUT2D eigenvalue weighted by atomic mass is 127. The van der Waals surface area contributed by atoms with Gasteiger partial charge in [0.2, 0.25) is 0 Å². The van der Waals surface area contributed by atoms with Crippen molar-refractivity contribution in [2.45, 2.75) is 20.5 Å². The van der Waals surface area contributed by atoms with Gasteiger partial charge < -0.3 is 14.2 Å². The van der Waals surface area contributed by atoms with Crippen LogP contribution in [0, 0.1) is 34.2 Å². The average molecular weight is 504 g/mol. The van der Waals surface area contributed by atoms with Crippen LogP contribution in [-0.4, -0.2) is 31.5 Å².